The number of ether oxygens (including phenoxy) is 1. The van der Waals surface area contributed by atoms with Crippen molar-refractivity contribution in [3.8, 4) is 0 Å². The van der Waals surface area contributed by atoms with Crippen molar-refractivity contribution in [2.24, 2.45) is 0 Å². The average molecular weight is 760 g/mol. The van der Waals surface area contributed by atoms with Gasteiger partial charge in [-0.15, -0.1) is 0 Å². The van der Waals surface area contributed by atoms with E-state index < -0.39 is 5.97 Å². The summed E-state index contributed by atoms with van der Waals surface area (Å²) in [6.07, 6.45) is 0. The number of esters is 1. The van der Waals surface area contributed by atoms with Crippen molar-refractivity contribution in [2.75, 3.05) is 6.61 Å². The van der Waals surface area contributed by atoms with Crippen LogP contribution < -0.4 is 0 Å². The van der Waals surface area contributed by atoms with Crippen LogP contribution in [0.4, 0.5) is 0 Å². The monoisotopic (exact) mass is 758 g/mol. The smallest absolute Gasteiger partial charge is 0.355 e. The van der Waals surface area contributed by atoms with Crippen molar-refractivity contribution < 1.29 is 19.4 Å². The van der Waals surface area contributed by atoms with Crippen LogP contribution in [0.15, 0.2) is 141 Å². The van der Waals surface area contributed by atoms with E-state index in [0.29, 0.717) is 38.8 Å². The number of carbonyl (C=O) groups is 2. The van der Waals surface area contributed by atoms with Crippen molar-refractivity contribution in [3.63, 3.8) is 0 Å². The van der Waals surface area contributed by atoms with Crippen molar-refractivity contribution in [1.29, 1.82) is 0 Å². The fourth-order valence-electron chi connectivity index (χ4n) is 5.35. The van der Waals surface area contributed by atoms with Crippen LogP contribution in [0.1, 0.15) is 33.5 Å². The molecule has 0 atom stereocenters. The Morgan fingerprint density at radius 2 is 1.28 bits per heavy atom. The van der Waals surface area contributed by atoms with Gasteiger partial charge in [0.15, 0.2) is 0 Å². The van der Waals surface area contributed by atoms with Crippen LogP contribution in [0.25, 0.3) is 21.8 Å². The molecule has 0 amide bonds. The molecule has 2 heterocycles. The highest BCUT2D eigenvalue weighted by atomic mass is 35.5. The zero-order valence-corrected chi connectivity index (χ0v) is 30.4. The minimum Gasteiger partial charge on any atom is -0.477 e. The predicted octanol–water partition coefficient (Wildman–Crippen LogP) is 12.0. The summed E-state index contributed by atoms with van der Waals surface area (Å²) in [5.41, 5.74) is 3.38. The van der Waals surface area contributed by atoms with E-state index in [2.05, 4.69) is 4.98 Å². The van der Waals surface area contributed by atoms with Crippen LogP contribution in [0.3, 0.4) is 0 Å². The number of aromatic amines is 1. The highest BCUT2D eigenvalue weighted by molar-refractivity contribution is 8.00. The molecule has 0 aliphatic heterocycles. The molecule has 7 aromatic rings. The van der Waals surface area contributed by atoms with E-state index in [0.717, 1.165) is 42.1 Å². The Balaban J connectivity index is 0.000000178. The number of aromatic carboxylic acids is 1. The highest BCUT2D eigenvalue weighted by Crippen LogP contribution is 2.40. The van der Waals surface area contributed by atoms with Gasteiger partial charge in [0.2, 0.25) is 0 Å². The number of fused-ring (bicyclic) bond motifs is 2. The number of nitrogens with zero attached hydrogens (tertiary/aromatic N) is 1. The number of benzene rings is 5. The first-order valence-corrected chi connectivity index (χ1v) is 18.2. The van der Waals surface area contributed by atoms with Crippen molar-refractivity contribution in [1.82, 2.24) is 9.55 Å². The quantitative estimate of drug-likeness (QED) is 0.143. The number of carboxylic acid groups (broad SMARTS) is 1. The molecule has 0 unspecified atom stereocenters. The van der Waals surface area contributed by atoms with Gasteiger partial charge in [0, 0.05) is 47.7 Å². The molecule has 50 heavy (non-hydrogen) atoms. The molecule has 2 N–H and O–H groups in total. The van der Waals surface area contributed by atoms with Gasteiger partial charge < -0.3 is 19.4 Å². The Hall–Kier alpha value is -4.31. The maximum absolute atomic E-state index is 12.2. The maximum Gasteiger partial charge on any atom is 0.355 e. The summed E-state index contributed by atoms with van der Waals surface area (Å²) in [5.74, 6) is -1.33. The van der Waals surface area contributed by atoms with Gasteiger partial charge in [-0.2, -0.15) is 0 Å². The topological polar surface area (TPSA) is 84.3 Å². The maximum atomic E-state index is 12.2. The number of carbonyl (C=O) groups excluding carboxylic acids is 1. The lowest BCUT2D eigenvalue weighted by molar-refractivity contribution is 0.0516. The molecule has 0 bridgehead atoms. The molecule has 2 aromatic heterocycles. The Morgan fingerprint density at radius 1 is 0.720 bits per heavy atom. The van der Waals surface area contributed by atoms with E-state index in [1.807, 2.05) is 102 Å². The Bertz CT molecular complexity index is 2290. The fraction of sp³-hybridized carbons (Fsp3) is 0.0769. The lowest BCUT2D eigenvalue weighted by atomic mass is 10.2. The third kappa shape index (κ3) is 8.18. The number of hydrogen-bond donors (Lipinski definition) is 2. The first kappa shape index (κ1) is 35.5. The number of aromatic nitrogens is 2. The van der Waals surface area contributed by atoms with Crippen LogP contribution in [-0.4, -0.2) is 33.2 Å². The number of rotatable bonds is 9. The van der Waals surface area contributed by atoms with Crippen molar-refractivity contribution in [3.05, 3.63) is 153 Å². The normalized spacial score (nSPS) is 11.0. The molecule has 0 aliphatic carbocycles. The van der Waals surface area contributed by atoms with E-state index in [9.17, 15) is 14.7 Å². The van der Waals surface area contributed by atoms with E-state index in [-0.39, 0.29) is 11.7 Å². The molecule has 11 heteroatoms. The second-order valence-electron chi connectivity index (χ2n) is 10.9. The predicted molar refractivity (Wildman–Crippen MR) is 205 cm³/mol. The largest absolute Gasteiger partial charge is 0.477 e. The van der Waals surface area contributed by atoms with Gasteiger partial charge in [0.1, 0.15) is 11.4 Å². The fourth-order valence-corrected chi connectivity index (χ4v) is 7.96. The summed E-state index contributed by atoms with van der Waals surface area (Å²) >= 11 is 21.3. The first-order valence-electron chi connectivity index (χ1n) is 15.5. The van der Waals surface area contributed by atoms with Crippen LogP contribution in [0.2, 0.25) is 15.1 Å². The molecule has 0 radical (unpaired) electrons. The standard InChI is InChI=1S/C22H15Cl2NO2S.C17H14ClNO2S/c23-15-8-6-14(7-9-15)13-25-19-11-10-16(24)12-18(19)21(20(25)22(26)27)28-17-4-2-1-3-5-17;1-2-21-17(20)15-16(22-12-6-4-3-5-7-12)13-10-11(18)8-9-14(13)19-15/h1-12H,13H2,(H,26,27);3-10,19H,2H2,1H3. The number of carboxylic acids is 1. The van der Waals surface area contributed by atoms with Gasteiger partial charge in [-0.05, 0) is 85.3 Å². The number of halogens is 3. The molecule has 0 saturated heterocycles. The van der Waals surface area contributed by atoms with Gasteiger partial charge in [-0.25, -0.2) is 9.59 Å². The Morgan fingerprint density at radius 3 is 1.88 bits per heavy atom. The number of H-pyrrole nitrogens is 1. The summed E-state index contributed by atoms with van der Waals surface area (Å²) < 4.78 is 6.97. The van der Waals surface area contributed by atoms with Gasteiger partial charge >= 0.3 is 11.9 Å². The third-order valence-electron chi connectivity index (χ3n) is 7.55. The zero-order valence-electron chi connectivity index (χ0n) is 26.5. The third-order valence-corrected chi connectivity index (χ3v) is 10.5. The van der Waals surface area contributed by atoms with Gasteiger partial charge in [0.05, 0.1) is 21.9 Å². The summed E-state index contributed by atoms with van der Waals surface area (Å²) in [5, 5.41) is 13.6. The van der Waals surface area contributed by atoms with E-state index in [4.69, 9.17) is 39.5 Å². The first-order chi connectivity index (χ1) is 24.2. The molecular weight excluding hydrogens is 731 g/mol. The SMILES string of the molecule is CCOC(=O)c1[nH]c2ccc(Cl)cc2c1Sc1ccccc1.O=C(O)c1c(Sc2ccccc2)c2cc(Cl)ccc2n1Cc1ccc(Cl)cc1. The molecule has 7 rings (SSSR count). The van der Waals surface area contributed by atoms with Crippen LogP contribution >= 0.6 is 58.3 Å². The summed E-state index contributed by atoms with van der Waals surface area (Å²) in [4.78, 5) is 31.1. The van der Waals surface area contributed by atoms with Crippen molar-refractivity contribution >= 4 is 92.1 Å². The molecule has 0 aliphatic rings. The summed E-state index contributed by atoms with van der Waals surface area (Å²) in [7, 11) is 0. The second-order valence-corrected chi connectivity index (χ2v) is 14.4. The molecule has 252 valence electrons. The molecule has 0 fully saturated rings. The summed E-state index contributed by atoms with van der Waals surface area (Å²) in [6, 6.07) is 38.0. The van der Waals surface area contributed by atoms with Gasteiger partial charge in [-0.1, -0.05) is 107 Å². The van der Waals surface area contributed by atoms with Gasteiger partial charge in [-0.3, -0.25) is 0 Å². The van der Waals surface area contributed by atoms with Crippen LogP contribution in [0, 0.1) is 0 Å². The summed E-state index contributed by atoms with van der Waals surface area (Å²) in [6.45, 7) is 2.55. The molecular formula is C39H29Cl3N2O4S2. The molecule has 6 nitrogen and oxygen atoms in total. The van der Waals surface area contributed by atoms with E-state index >= 15 is 0 Å². The highest BCUT2D eigenvalue weighted by Gasteiger charge is 2.24. The Labute approximate surface area is 312 Å². The minimum atomic E-state index is -0.972. The lowest BCUT2D eigenvalue weighted by Gasteiger charge is -2.09. The average Bonchev–Trinajstić information content (AvgIpc) is 3.61. The number of nitrogens with one attached hydrogen (secondary N) is 1. The van der Waals surface area contributed by atoms with Crippen LogP contribution in [-0.2, 0) is 11.3 Å². The lowest BCUT2D eigenvalue weighted by Crippen LogP contribution is -2.10. The van der Waals surface area contributed by atoms with E-state index in [1.165, 1.54) is 23.5 Å². The number of hydrogen-bond acceptors (Lipinski definition) is 5. The Kier molecular flexibility index (Phi) is 11.5. The molecule has 5 aromatic carbocycles. The minimum absolute atomic E-state index is 0.251. The van der Waals surface area contributed by atoms with Crippen molar-refractivity contribution in [2.45, 2.75) is 33.1 Å². The molecule has 0 spiro atoms. The van der Waals surface area contributed by atoms with Gasteiger partial charge in [0.25, 0.3) is 0 Å². The second kappa shape index (κ2) is 16.1. The van der Waals surface area contributed by atoms with Crippen LogP contribution in [0.5, 0.6) is 0 Å². The zero-order chi connectivity index (χ0) is 35.2. The molecule has 0 saturated carbocycles. The van der Waals surface area contributed by atoms with E-state index in [1.54, 1.807) is 31.2 Å².